The predicted octanol–water partition coefficient (Wildman–Crippen LogP) is 6.37. The second-order valence-electron chi connectivity index (χ2n) is 7.41. The van der Waals surface area contributed by atoms with Gasteiger partial charge in [-0.15, -0.1) is 0 Å². The molecular weight excluding hydrogens is 474 g/mol. The largest absolute Gasteiger partial charge is 0.298 e. The van der Waals surface area contributed by atoms with E-state index in [1.165, 1.54) is 0 Å². The maximum Gasteiger partial charge on any atom is 0.197 e. The number of hydrogen-bond donors (Lipinski definition) is 0. The summed E-state index contributed by atoms with van der Waals surface area (Å²) in [5.41, 5.74) is 2.21. The maximum atomic E-state index is 13.2. The summed E-state index contributed by atoms with van der Waals surface area (Å²) in [4.78, 5) is 12.2. The number of sulfone groups is 1. The Morgan fingerprint density at radius 3 is 1.86 bits per heavy atom. The van der Waals surface area contributed by atoms with Gasteiger partial charge in [0, 0.05) is 5.02 Å². The van der Waals surface area contributed by atoms with Gasteiger partial charge >= 0.3 is 0 Å². The van der Waals surface area contributed by atoms with Crippen molar-refractivity contribution in [2.24, 2.45) is 5.92 Å². The van der Waals surface area contributed by atoms with Gasteiger partial charge in [0.1, 0.15) is 11.0 Å². The molecule has 1 unspecified atom stereocenters. The SMILES string of the molecule is CC(C)Cc1ccc(C(c2ccc(Cl)cc2)S(=O)(=O)CC(=O)CC(Cl)(Cl)Cl)cc1. The van der Waals surface area contributed by atoms with Crippen molar-refractivity contribution >= 4 is 62.0 Å². The van der Waals surface area contributed by atoms with Crippen LogP contribution in [0.5, 0.6) is 0 Å². The number of carbonyl (C=O) groups excluding carboxylic acids is 1. The Kier molecular flexibility index (Phi) is 8.46. The summed E-state index contributed by atoms with van der Waals surface area (Å²) >= 11 is 22.9. The molecule has 0 fully saturated rings. The standard InChI is InChI=1S/C21H22Cl4O3S/c1-14(2)11-15-3-5-16(6-4-15)20(17-7-9-18(22)10-8-17)29(27,28)13-19(26)12-21(23,24)25/h3-10,14,20H,11-13H2,1-2H3. The number of alkyl halides is 3. The molecule has 0 amide bonds. The summed E-state index contributed by atoms with van der Waals surface area (Å²) < 4.78 is 24.6. The van der Waals surface area contributed by atoms with Gasteiger partial charge in [-0.1, -0.05) is 96.6 Å². The van der Waals surface area contributed by atoms with E-state index >= 15 is 0 Å². The summed E-state index contributed by atoms with van der Waals surface area (Å²) in [7, 11) is -3.92. The highest BCUT2D eigenvalue weighted by Gasteiger charge is 2.33. The minimum absolute atomic E-state index is 0.475. The van der Waals surface area contributed by atoms with Crippen LogP contribution in [0.3, 0.4) is 0 Å². The average molecular weight is 496 g/mol. The molecule has 1 atom stereocenters. The lowest BCUT2D eigenvalue weighted by Gasteiger charge is -2.20. The highest BCUT2D eigenvalue weighted by atomic mass is 35.6. The predicted molar refractivity (Wildman–Crippen MR) is 122 cm³/mol. The molecule has 2 aromatic rings. The molecule has 0 aliphatic heterocycles. The normalized spacial score (nSPS) is 13.5. The van der Waals surface area contributed by atoms with Crippen LogP contribution in [0.15, 0.2) is 48.5 Å². The quantitative estimate of drug-likeness (QED) is 0.399. The third kappa shape index (κ3) is 7.76. The van der Waals surface area contributed by atoms with Crippen molar-refractivity contribution in [2.45, 2.75) is 35.7 Å². The third-order valence-electron chi connectivity index (χ3n) is 4.22. The number of benzene rings is 2. The second kappa shape index (κ2) is 10.0. The Bertz CT molecular complexity index is 931. The maximum absolute atomic E-state index is 13.2. The van der Waals surface area contributed by atoms with Crippen LogP contribution in [0, 0.1) is 5.92 Å². The first kappa shape index (κ1) is 24.5. The van der Waals surface area contributed by atoms with E-state index in [1.807, 2.05) is 12.1 Å². The lowest BCUT2D eigenvalue weighted by molar-refractivity contribution is -0.116. The summed E-state index contributed by atoms with van der Waals surface area (Å²) in [5.74, 6) is -0.890. The number of halogens is 4. The minimum Gasteiger partial charge on any atom is -0.298 e. The molecule has 0 aliphatic rings. The highest BCUT2D eigenvalue weighted by molar-refractivity contribution is 7.92. The van der Waals surface area contributed by atoms with E-state index in [-0.39, 0.29) is 0 Å². The summed E-state index contributed by atoms with van der Waals surface area (Å²) in [5, 5.41) is -0.531. The summed E-state index contributed by atoms with van der Waals surface area (Å²) in [6.45, 7) is 4.23. The lowest BCUT2D eigenvalue weighted by atomic mass is 9.99. The van der Waals surface area contributed by atoms with Crippen LogP contribution in [0.2, 0.25) is 5.02 Å². The van der Waals surface area contributed by atoms with Crippen molar-refractivity contribution in [3.63, 3.8) is 0 Å². The lowest BCUT2D eigenvalue weighted by Crippen LogP contribution is -2.25. The first-order chi connectivity index (χ1) is 13.4. The van der Waals surface area contributed by atoms with Gasteiger partial charge < -0.3 is 0 Å². The van der Waals surface area contributed by atoms with Gasteiger partial charge in [-0.3, -0.25) is 4.79 Å². The Morgan fingerprint density at radius 2 is 1.41 bits per heavy atom. The molecule has 2 aromatic carbocycles. The van der Waals surface area contributed by atoms with Crippen LogP contribution in [0.1, 0.15) is 42.2 Å². The molecule has 0 aromatic heterocycles. The molecule has 8 heteroatoms. The van der Waals surface area contributed by atoms with Gasteiger partial charge in [0.15, 0.2) is 19.4 Å². The van der Waals surface area contributed by atoms with Gasteiger partial charge in [0.25, 0.3) is 0 Å². The third-order valence-corrected chi connectivity index (χ3v) is 6.86. The number of hydrogen-bond acceptors (Lipinski definition) is 3. The van der Waals surface area contributed by atoms with E-state index in [1.54, 1.807) is 36.4 Å². The molecule has 0 saturated heterocycles. The van der Waals surface area contributed by atoms with Crippen molar-refractivity contribution in [2.75, 3.05) is 5.75 Å². The van der Waals surface area contributed by atoms with Crippen molar-refractivity contribution in [1.29, 1.82) is 0 Å². The molecule has 0 heterocycles. The molecule has 0 radical (unpaired) electrons. The van der Waals surface area contributed by atoms with Crippen molar-refractivity contribution in [3.8, 4) is 0 Å². The van der Waals surface area contributed by atoms with Gasteiger partial charge in [-0.25, -0.2) is 8.42 Å². The van der Waals surface area contributed by atoms with Crippen LogP contribution in [-0.4, -0.2) is 23.7 Å². The smallest absolute Gasteiger partial charge is 0.197 e. The fraction of sp³-hybridized carbons (Fsp3) is 0.381. The van der Waals surface area contributed by atoms with Crippen molar-refractivity contribution in [3.05, 3.63) is 70.2 Å². The van der Waals surface area contributed by atoms with Gasteiger partial charge in [-0.05, 0) is 41.2 Å². The first-order valence-corrected chi connectivity index (χ1v) is 12.2. The molecule has 0 saturated carbocycles. The Hall–Kier alpha value is -0.780. The van der Waals surface area contributed by atoms with Crippen molar-refractivity contribution < 1.29 is 13.2 Å². The minimum atomic E-state index is -3.92. The zero-order chi connectivity index (χ0) is 21.8. The molecule has 2 rings (SSSR count). The summed E-state index contributed by atoms with van der Waals surface area (Å²) in [6, 6.07) is 13.9. The Labute approximate surface area is 192 Å². The fourth-order valence-corrected chi connectivity index (χ4v) is 5.56. The zero-order valence-electron chi connectivity index (χ0n) is 16.0. The van der Waals surface area contributed by atoms with E-state index in [9.17, 15) is 13.2 Å². The van der Waals surface area contributed by atoms with Gasteiger partial charge in [-0.2, -0.15) is 0 Å². The fourth-order valence-electron chi connectivity index (χ4n) is 3.13. The highest BCUT2D eigenvalue weighted by Crippen LogP contribution is 2.34. The van der Waals surface area contributed by atoms with Crippen LogP contribution in [-0.2, 0) is 21.1 Å². The Balaban J connectivity index is 2.42. The van der Waals surface area contributed by atoms with E-state index in [0.717, 1.165) is 12.0 Å². The van der Waals surface area contributed by atoms with E-state index in [0.29, 0.717) is 22.1 Å². The van der Waals surface area contributed by atoms with E-state index < -0.39 is 36.8 Å². The molecular formula is C21H22Cl4O3S. The van der Waals surface area contributed by atoms with Gasteiger partial charge in [0.2, 0.25) is 0 Å². The van der Waals surface area contributed by atoms with Crippen LogP contribution in [0.25, 0.3) is 0 Å². The number of rotatable bonds is 8. The first-order valence-electron chi connectivity index (χ1n) is 9.02. The monoisotopic (exact) mass is 494 g/mol. The number of Topliss-reactive ketones (excluding diaryl/α,β-unsaturated/α-hetero) is 1. The molecule has 29 heavy (non-hydrogen) atoms. The van der Waals surface area contributed by atoms with Crippen molar-refractivity contribution in [1.82, 2.24) is 0 Å². The molecule has 0 spiro atoms. The van der Waals surface area contributed by atoms with Crippen LogP contribution < -0.4 is 0 Å². The number of carbonyl (C=O) groups is 1. The molecule has 0 bridgehead atoms. The van der Waals surface area contributed by atoms with E-state index in [4.69, 9.17) is 46.4 Å². The zero-order valence-corrected chi connectivity index (χ0v) is 19.9. The van der Waals surface area contributed by atoms with Gasteiger partial charge in [0.05, 0.1) is 6.42 Å². The van der Waals surface area contributed by atoms with E-state index in [2.05, 4.69) is 13.8 Å². The molecule has 0 aliphatic carbocycles. The van der Waals surface area contributed by atoms with Crippen LogP contribution >= 0.6 is 46.4 Å². The van der Waals surface area contributed by atoms with Crippen LogP contribution in [0.4, 0.5) is 0 Å². The molecule has 3 nitrogen and oxygen atoms in total. The molecule has 0 N–H and O–H groups in total. The average Bonchev–Trinajstić information content (AvgIpc) is 2.55. The number of ketones is 1. The second-order valence-corrected chi connectivity index (χ2v) is 12.4. The molecule has 158 valence electrons. The Morgan fingerprint density at radius 1 is 0.931 bits per heavy atom. The topological polar surface area (TPSA) is 51.2 Å². The summed E-state index contributed by atoms with van der Waals surface area (Å²) in [6.07, 6.45) is 0.415.